The van der Waals surface area contributed by atoms with Gasteiger partial charge in [0.2, 0.25) is 5.91 Å². The molecular formula is C11H10ClN3O3S. The van der Waals surface area contributed by atoms with Crippen LogP contribution in [0.15, 0.2) is 18.2 Å². The maximum absolute atomic E-state index is 11.6. The van der Waals surface area contributed by atoms with Crippen molar-refractivity contribution in [3.05, 3.63) is 23.2 Å². The Morgan fingerprint density at radius 2 is 2.26 bits per heavy atom. The summed E-state index contributed by atoms with van der Waals surface area (Å²) in [5, 5.41) is 12.0. The standard InChI is InChI=1S/C11H10ClN3O3S/c12-5-1-2-7-8(3-5)19-11(14-7)15-10(18)6(13)4-9(16)17/h1-3,6H,4,13H2,(H,16,17)(H,14,15,18). The summed E-state index contributed by atoms with van der Waals surface area (Å²) in [4.78, 5) is 26.3. The predicted molar refractivity (Wildman–Crippen MR) is 73.5 cm³/mol. The molecule has 8 heteroatoms. The Kier molecular flexibility index (Phi) is 3.98. The van der Waals surface area contributed by atoms with Crippen LogP contribution in [0.4, 0.5) is 5.13 Å². The third-order valence-corrected chi connectivity index (χ3v) is 3.48. The molecule has 0 aliphatic carbocycles. The number of hydrogen-bond donors (Lipinski definition) is 3. The number of carbonyl (C=O) groups excluding carboxylic acids is 1. The molecule has 100 valence electrons. The zero-order valence-corrected chi connectivity index (χ0v) is 11.2. The van der Waals surface area contributed by atoms with Gasteiger partial charge in [0.05, 0.1) is 22.7 Å². The molecule has 0 saturated carbocycles. The molecule has 0 aliphatic heterocycles. The molecular weight excluding hydrogens is 290 g/mol. The minimum absolute atomic E-state index is 0.364. The summed E-state index contributed by atoms with van der Waals surface area (Å²) in [7, 11) is 0. The van der Waals surface area contributed by atoms with E-state index in [9.17, 15) is 9.59 Å². The van der Waals surface area contributed by atoms with Crippen molar-refractivity contribution < 1.29 is 14.7 Å². The number of aromatic nitrogens is 1. The highest BCUT2D eigenvalue weighted by Crippen LogP contribution is 2.28. The molecule has 19 heavy (non-hydrogen) atoms. The first kappa shape index (κ1) is 13.7. The minimum atomic E-state index is -1.13. The van der Waals surface area contributed by atoms with Crippen LogP contribution in [-0.2, 0) is 9.59 Å². The Hall–Kier alpha value is -1.70. The second-order valence-electron chi connectivity index (χ2n) is 3.82. The summed E-state index contributed by atoms with van der Waals surface area (Å²) in [6, 6.07) is 4.07. The fraction of sp³-hybridized carbons (Fsp3) is 0.182. The number of hydrogen-bond acceptors (Lipinski definition) is 5. The molecule has 6 nitrogen and oxygen atoms in total. The number of rotatable bonds is 4. The molecule has 0 fully saturated rings. The zero-order valence-electron chi connectivity index (χ0n) is 9.59. The van der Waals surface area contributed by atoms with Gasteiger partial charge in [-0.2, -0.15) is 0 Å². The highest BCUT2D eigenvalue weighted by molar-refractivity contribution is 7.22. The maximum Gasteiger partial charge on any atom is 0.305 e. The Bertz CT molecular complexity index is 643. The van der Waals surface area contributed by atoms with Gasteiger partial charge in [-0.15, -0.1) is 0 Å². The fourth-order valence-corrected chi connectivity index (χ4v) is 2.58. The van der Waals surface area contributed by atoms with Crippen molar-refractivity contribution in [3.8, 4) is 0 Å². The first-order valence-corrected chi connectivity index (χ1v) is 6.49. The lowest BCUT2D eigenvalue weighted by Gasteiger charge is -2.07. The summed E-state index contributed by atoms with van der Waals surface area (Å²) >= 11 is 7.09. The van der Waals surface area contributed by atoms with Crippen LogP contribution in [0.2, 0.25) is 5.02 Å². The number of carbonyl (C=O) groups is 2. The number of anilines is 1. The van der Waals surface area contributed by atoms with E-state index in [4.69, 9.17) is 22.4 Å². The molecule has 0 bridgehead atoms. The first-order valence-electron chi connectivity index (χ1n) is 5.30. The van der Waals surface area contributed by atoms with Gasteiger partial charge in [-0.25, -0.2) is 4.98 Å². The van der Waals surface area contributed by atoms with Crippen LogP contribution >= 0.6 is 22.9 Å². The van der Waals surface area contributed by atoms with Crippen molar-refractivity contribution in [3.63, 3.8) is 0 Å². The zero-order chi connectivity index (χ0) is 14.0. The van der Waals surface area contributed by atoms with Gasteiger partial charge >= 0.3 is 5.97 Å². The summed E-state index contributed by atoms with van der Waals surface area (Å²) in [5.74, 6) is -1.70. The highest BCUT2D eigenvalue weighted by Gasteiger charge is 2.18. The number of aliphatic carboxylic acids is 1. The average molecular weight is 300 g/mol. The first-order chi connectivity index (χ1) is 8.95. The van der Waals surface area contributed by atoms with Gasteiger partial charge in [0.25, 0.3) is 0 Å². The summed E-state index contributed by atoms with van der Waals surface area (Å²) in [6.07, 6.45) is -0.428. The monoisotopic (exact) mass is 299 g/mol. The molecule has 1 amide bonds. The molecule has 2 rings (SSSR count). The van der Waals surface area contributed by atoms with Crippen LogP contribution in [0.25, 0.3) is 10.2 Å². The number of nitrogens with one attached hydrogen (secondary N) is 1. The van der Waals surface area contributed by atoms with E-state index in [1.807, 2.05) is 0 Å². The Morgan fingerprint density at radius 1 is 1.53 bits per heavy atom. The maximum atomic E-state index is 11.6. The number of carboxylic acids is 1. The molecule has 1 atom stereocenters. The molecule has 0 radical (unpaired) electrons. The Labute approximate surface area is 117 Å². The SMILES string of the molecule is NC(CC(=O)O)C(=O)Nc1nc2ccc(Cl)cc2s1. The van der Waals surface area contributed by atoms with Crippen LogP contribution in [0.5, 0.6) is 0 Å². The average Bonchev–Trinajstić information content (AvgIpc) is 2.69. The molecule has 2 aromatic rings. The molecule has 1 unspecified atom stereocenters. The van der Waals surface area contributed by atoms with E-state index in [1.165, 1.54) is 11.3 Å². The molecule has 0 saturated heterocycles. The van der Waals surface area contributed by atoms with E-state index in [1.54, 1.807) is 18.2 Å². The van der Waals surface area contributed by atoms with Crippen molar-refractivity contribution in [2.45, 2.75) is 12.5 Å². The molecule has 1 heterocycles. The lowest BCUT2D eigenvalue weighted by atomic mass is 10.2. The van der Waals surface area contributed by atoms with Crippen LogP contribution in [0.3, 0.4) is 0 Å². The Morgan fingerprint density at radius 3 is 2.95 bits per heavy atom. The van der Waals surface area contributed by atoms with Gasteiger partial charge in [0, 0.05) is 5.02 Å². The number of fused-ring (bicyclic) bond motifs is 1. The molecule has 1 aromatic heterocycles. The number of amides is 1. The van der Waals surface area contributed by atoms with Crippen LogP contribution in [0, 0.1) is 0 Å². The van der Waals surface area contributed by atoms with Gasteiger partial charge in [-0.1, -0.05) is 22.9 Å². The molecule has 1 aromatic carbocycles. The van der Waals surface area contributed by atoms with E-state index in [-0.39, 0.29) is 0 Å². The van der Waals surface area contributed by atoms with E-state index in [0.717, 1.165) is 4.70 Å². The summed E-state index contributed by atoms with van der Waals surface area (Å²) in [5.41, 5.74) is 6.15. The van der Waals surface area contributed by atoms with Gasteiger partial charge in [0.1, 0.15) is 0 Å². The van der Waals surface area contributed by atoms with Crippen molar-refractivity contribution in [2.24, 2.45) is 5.73 Å². The number of carboxylic acid groups (broad SMARTS) is 1. The van der Waals surface area contributed by atoms with E-state index < -0.39 is 24.3 Å². The van der Waals surface area contributed by atoms with Crippen molar-refractivity contribution in [1.82, 2.24) is 4.98 Å². The third kappa shape index (κ3) is 3.40. The lowest BCUT2D eigenvalue weighted by Crippen LogP contribution is -2.37. The van der Waals surface area contributed by atoms with Crippen molar-refractivity contribution >= 4 is 50.2 Å². The van der Waals surface area contributed by atoms with Crippen molar-refractivity contribution in [2.75, 3.05) is 5.32 Å². The normalized spacial score (nSPS) is 12.3. The smallest absolute Gasteiger partial charge is 0.305 e. The molecule has 0 aliphatic rings. The van der Waals surface area contributed by atoms with Crippen LogP contribution < -0.4 is 11.1 Å². The number of halogens is 1. The van der Waals surface area contributed by atoms with Crippen LogP contribution in [0.1, 0.15) is 6.42 Å². The topological polar surface area (TPSA) is 105 Å². The number of nitrogens with two attached hydrogens (primary N) is 1. The van der Waals surface area contributed by atoms with Gasteiger partial charge in [-0.05, 0) is 18.2 Å². The summed E-state index contributed by atoms with van der Waals surface area (Å²) in [6.45, 7) is 0. The van der Waals surface area contributed by atoms with Gasteiger partial charge in [-0.3, -0.25) is 9.59 Å². The molecule has 4 N–H and O–H groups in total. The van der Waals surface area contributed by atoms with E-state index in [0.29, 0.717) is 15.7 Å². The number of benzene rings is 1. The highest BCUT2D eigenvalue weighted by atomic mass is 35.5. The number of thiazole rings is 1. The minimum Gasteiger partial charge on any atom is -0.481 e. The van der Waals surface area contributed by atoms with Crippen LogP contribution in [-0.4, -0.2) is 28.0 Å². The van der Waals surface area contributed by atoms with E-state index in [2.05, 4.69) is 10.3 Å². The van der Waals surface area contributed by atoms with Gasteiger partial charge < -0.3 is 16.2 Å². The van der Waals surface area contributed by atoms with Gasteiger partial charge in [0.15, 0.2) is 5.13 Å². The van der Waals surface area contributed by atoms with Crippen molar-refractivity contribution in [1.29, 1.82) is 0 Å². The second kappa shape index (κ2) is 5.52. The largest absolute Gasteiger partial charge is 0.481 e. The fourth-order valence-electron chi connectivity index (χ4n) is 1.43. The Balaban J connectivity index is 2.12. The second-order valence-corrected chi connectivity index (χ2v) is 5.29. The number of nitrogens with zero attached hydrogens (tertiary/aromatic N) is 1. The molecule has 0 spiro atoms. The quantitative estimate of drug-likeness (QED) is 0.796. The van der Waals surface area contributed by atoms with E-state index >= 15 is 0 Å². The third-order valence-electron chi connectivity index (χ3n) is 2.31. The summed E-state index contributed by atoms with van der Waals surface area (Å²) < 4.78 is 0.828. The lowest BCUT2D eigenvalue weighted by molar-refractivity contribution is -0.138. The predicted octanol–water partition coefficient (Wildman–Crippen LogP) is 1.69.